The van der Waals surface area contributed by atoms with Crippen LogP contribution in [0.4, 0.5) is 28.9 Å². The number of pyridine rings is 1. The van der Waals surface area contributed by atoms with Gasteiger partial charge < -0.3 is 16.4 Å². The van der Waals surface area contributed by atoms with Gasteiger partial charge in [0.25, 0.3) is 5.91 Å². The molecule has 1 aliphatic rings. The normalized spacial score (nSPS) is 16.9. The van der Waals surface area contributed by atoms with Crippen LogP contribution in [-0.4, -0.2) is 23.0 Å². The molecule has 1 saturated carbocycles. The van der Waals surface area contributed by atoms with Crippen molar-refractivity contribution in [2.24, 2.45) is 5.73 Å². The molecule has 2 atom stereocenters. The summed E-state index contributed by atoms with van der Waals surface area (Å²) in [5.74, 6) is -5.78. The lowest BCUT2D eigenvalue weighted by molar-refractivity contribution is 0.102. The van der Waals surface area contributed by atoms with Crippen molar-refractivity contribution in [1.29, 1.82) is 0 Å². The molecule has 1 aromatic heterocycles. The summed E-state index contributed by atoms with van der Waals surface area (Å²) in [5, 5.41) is 5.79. The first-order valence-electron chi connectivity index (χ1n) is 10.1. The molecule has 5 nitrogen and oxygen atoms in total. The van der Waals surface area contributed by atoms with Crippen LogP contribution in [0.1, 0.15) is 29.6 Å². The minimum Gasteiger partial charge on any atom is -0.379 e. The molecule has 3 aromatic rings. The molecule has 1 amide bonds. The number of halogens is 6. The predicted octanol–water partition coefficient (Wildman–Crippen LogP) is 5.69. The van der Waals surface area contributed by atoms with Crippen LogP contribution >= 0.6 is 24.8 Å². The Morgan fingerprint density at radius 1 is 0.912 bits per heavy atom. The zero-order valence-electron chi connectivity index (χ0n) is 17.7. The summed E-state index contributed by atoms with van der Waals surface area (Å²) in [6.45, 7) is 0. The molecule has 4 N–H and O–H groups in total. The minimum absolute atomic E-state index is 0. The molecule has 0 saturated heterocycles. The summed E-state index contributed by atoms with van der Waals surface area (Å²) < 4.78 is 57.8. The van der Waals surface area contributed by atoms with E-state index in [1.807, 2.05) is 0 Å². The van der Waals surface area contributed by atoms with E-state index in [0.717, 1.165) is 49.6 Å². The average molecular weight is 517 g/mol. The number of anilines is 2. The van der Waals surface area contributed by atoms with Gasteiger partial charge in [-0.1, -0.05) is 6.07 Å². The highest BCUT2D eigenvalue weighted by Crippen LogP contribution is 2.33. The maximum Gasteiger partial charge on any atom is 0.258 e. The van der Waals surface area contributed by atoms with Gasteiger partial charge in [0.2, 0.25) is 0 Å². The molecule has 0 unspecified atom stereocenters. The lowest BCUT2D eigenvalue weighted by Gasteiger charge is -2.21. The first-order valence-corrected chi connectivity index (χ1v) is 10.1. The number of rotatable bonds is 5. The summed E-state index contributed by atoms with van der Waals surface area (Å²) in [4.78, 5) is 16.8. The van der Waals surface area contributed by atoms with Gasteiger partial charge in [-0.25, -0.2) is 17.6 Å². The Kier molecular flexibility index (Phi) is 9.26. The number of carbonyl (C=O) groups excluding carboxylic acids is 1. The average Bonchev–Trinajstić information content (AvgIpc) is 3.16. The van der Waals surface area contributed by atoms with E-state index < -0.39 is 45.9 Å². The number of nitrogens with zero attached hydrogens (tertiary/aromatic N) is 1. The van der Waals surface area contributed by atoms with Gasteiger partial charge in [-0.15, -0.1) is 24.8 Å². The van der Waals surface area contributed by atoms with E-state index in [-0.39, 0.29) is 42.6 Å². The van der Waals surface area contributed by atoms with Gasteiger partial charge in [-0.3, -0.25) is 9.78 Å². The molecule has 182 valence electrons. The van der Waals surface area contributed by atoms with Crippen LogP contribution in [0.15, 0.2) is 48.8 Å². The summed E-state index contributed by atoms with van der Waals surface area (Å²) in [7, 11) is 0. The van der Waals surface area contributed by atoms with Crippen molar-refractivity contribution in [2.45, 2.75) is 31.3 Å². The van der Waals surface area contributed by atoms with Crippen LogP contribution in [0, 0.1) is 23.3 Å². The van der Waals surface area contributed by atoms with Crippen LogP contribution in [0.3, 0.4) is 0 Å². The van der Waals surface area contributed by atoms with Crippen molar-refractivity contribution < 1.29 is 22.4 Å². The van der Waals surface area contributed by atoms with Crippen molar-refractivity contribution in [2.75, 3.05) is 10.6 Å². The molecular formula is C23H22Cl2F4N4O. The Hall–Kier alpha value is -2.88. The Bertz CT molecular complexity index is 1160. The van der Waals surface area contributed by atoms with Crippen LogP contribution in [0.5, 0.6) is 0 Å². The first kappa shape index (κ1) is 27.4. The zero-order valence-corrected chi connectivity index (χ0v) is 19.3. The molecule has 4 rings (SSSR count). The summed E-state index contributed by atoms with van der Waals surface area (Å²) in [6.07, 6.45) is 5.61. The van der Waals surface area contributed by atoms with E-state index >= 15 is 4.39 Å². The van der Waals surface area contributed by atoms with E-state index in [2.05, 4.69) is 15.6 Å². The third-order valence-corrected chi connectivity index (χ3v) is 5.53. The smallest absolute Gasteiger partial charge is 0.258 e. The highest BCUT2D eigenvalue weighted by atomic mass is 35.5. The fourth-order valence-corrected chi connectivity index (χ4v) is 3.87. The third kappa shape index (κ3) is 5.43. The van der Waals surface area contributed by atoms with Gasteiger partial charge in [0.1, 0.15) is 23.3 Å². The molecule has 0 radical (unpaired) electrons. The molecule has 0 bridgehead atoms. The second kappa shape index (κ2) is 11.5. The fraction of sp³-hybridized carbons (Fsp3) is 0.217. The second-order valence-corrected chi connectivity index (χ2v) is 7.60. The van der Waals surface area contributed by atoms with Gasteiger partial charge in [0.05, 0.1) is 34.3 Å². The lowest BCUT2D eigenvalue weighted by atomic mass is 9.99. The van der Waals surface area contributed by atoms with E-state index in [1.54, 1.807) is 6.07 Å². The predicted molar refractivity (Wildman–Crippen MR) is 128 cm³/mol. The van der Waals surface area contributed by atoms with Crippen molar-refractivity contribution in [1.82, 2.24) is 4.98 Å². The molecule has 0 spiro atoms. The first-order chi connectivity index (χ1) is 15.4. The fourth-order valence-electron chi connectivity index (χ4n) is 3.87. The Morgan fingerprint density at radius 3 is 2.24 bits per heavy atom. The Balaban J connectivity index is 0.00000204. The highest BCUT2D eigenvalue weighted by Gasteiger charge is 2.26. The standard InChI is InChI=1S/C23H20F4N4O.2ClH/c24-13-3-1-4-14(25)20(13)21-15(26)8-7-12(22(21)27)23(32)31-19-11-29-10-9-18(19)30-17-6-2-5-16(17)28;;/h1,3-4,7-11,16-17H,2,5-6,28H2,(H,29,30)(H,31,32);2*1H/t16-,17-;;/m0../s1. The van der Waals surface area contributed by atoms with Gasteiger partial charge in [0, 0.05) is 18.3 Å². The summed E-state index contributed by atoms with van der Waals surface area (Å²) in [6, 6.07) is 6.15. The number of nitrogens with one attached hydrogen (secondary N) is 2. The number of hydrogen-bond donors (Lipinski definition) is 3. The maximum atomic E-state index is 15.1. The van der Waals surface area contributed by atoms with Crippen LogP contribution in [-0.2, 0) is 0 Å². The van der Waals surface area contributed by atoms with Gasteiger partial charge in [0.15, 0.2) is 0 Å². The molecule has 1 aliphatic carbocycles. The Labute approximate surface area is 206 Å². The van der Waals surface area contributed by atoms with E-state index in [9.17, 15) is 18.0 Å². The quantitative estimate of drug-likeness (QED) is 0.380. The minimum atomic E-state index is -1.37. The number of hydrogen-bond acceptors (Lipinski definition) is 4. The molecule has 2 aromatic carbocycles. The number of benzene rings is 2. The van der Waals surface area contributed by atoms with Crippen molar-refractivity contribution in [3.05, 3.63) is 77.6 Å². The molecular weight excluding hydrogens is 495 g/mol. The molecule has 1 heterocycles. The highest BCUT2D eigenvalue weighted by molar-refractivity contribution is 6.06. The third-order valence-electron chi connectivity index (χ3n) is 5.53. The van der Waals surface area contributed by atoms with Gasteiger partial charge in [-0.05, 0) is 49.6 Å². The van der Waals surface area contributed by atoms with Gasteiger partial charge in [-0.2, -0.15) is 0 Å². The lowest BCUT2D eigenvalue weighted by Crippen LogP contribution is -2.35. The van der Waals surface area contributed by atoms with E-state index in [1.165, 1.54) is 12.4 Å². The summed E-state index contributed by atoms with van der Waals surface area (Å²) >= 11 is 0. The molecule has 0 aliphatic heterocycles. The molecule has 11 heteroatoms. The van der Waals surface area contributed by atoms with E-state index in [0.29, 0.717) is 5.69 Å². The zero-order chi connectivity index (χ0) is 22.8. The van der Waals surface area contributed by atoms with E-state index in [4.69, 9.17) is 5.73 Å². The largest absolute Gasteiger partial charge is 0.379 e. The second-order valence-electron chi connectivity index (χ2n) is 7.60. The van der Waals surface area contributed by atoms with Crippen molar-refractivity contribution in [3.8, 4) is 11.1 Å². The number of aromatic nitrogens is 1. The number of amides is 1. The monoisotopic (exact) mass is 516 g/mol. The van der Waals surface area contributed by atoms with Crippen LogP contribution < -0.4 is 16.4 Å². The van der Waals surface area contributed by atoms with Gasteiger partial charge >= 0.3 is 0 Å². The van der Waals surface area contributed by atoms with Crippen LogP contribution in [0.2, 0.25) is 0 Å². The number of nitrogens with two attached hydrogens (primary N) is 1. The molecule has 1 fully saturated rings. The SMILES string of the molecule is Cl.Cl.N[C@H]1CCC[C@@H]1Nc1ccncc1NC(=O)c1ccc(F)c(-c2c(F)cccc2F)c1F. The van der Waals surface area contributed by atoms with Crippen LogP contribution in [0.25, 0.3) is 11.1 Å². The van der Waals surface area contributed by atoms with Crippen molar-refractivity contribution in [3.63, 3.8) is 0 Å². The Morgan fingerprint density at radius 2 is 1.59 bits per heavy atom. The maximum absolute atomic E-state index is 15.1. The topological polar surface area (TPSA) is 80.0 Å². The number of carbonyl (C=O) groups is 1. The summed E-state index contributed by atoms with van der Waals surface area (Å²) in [5.41, 5.74) is 4.49. The molecule has 34 heavy (non-hydrogen) atoms. The van der Waals surface area contributed by atoms with Crippen molar-refractivity contribution >= 4 is 42.1 Å².